The molecule has 0 amide bonds. The number of aryl methyl sites for hydroxylation is 1. The SMILES string of the molecule is Cc1ccccc1N=c1scc(-c2cc3ccccc3o2)n1N=Cc1cccnc1. The summed E-state index contributed by atoms with van der Waals surface area (Å²) >= 11 is 1.53. The highest BCUT2D eigenvalue weighted by molar-refractivity contribution is 7.07. The molecule has 0 spiro atoms. The first-order valence-electron chi connectivity index (χ1n) is 9.52. The van der Waals surface area contributed by atoms with E-state index in [-0.39, 0.29) is 0 Å². The summed E-state index contributed by atoms with van der Waals surface area (Å²) in [5.41, 5.74) is 4.64. The van der Waals surface area contributed by atoms with Gasteiger partial charge in [-0.05, 0) is 36.8 Å². The molecule has 0 atom stereocenters. The molecular weight excluding hydrogens is 392 g/mol. The number of benzene rings is 2. The van der Waals surface area contributed by atoms with E-state index in [9.17, 15) is 0 Å². The number of hydrogen-bond donors (Lipinski definition) is 0. The average molecular weight is 411 g/mol. The number of furan rings is 1. The Balaban J connectivity index is 1.68. The van der Waals surface area contributed by atoms with Crippen LogP contribution in [0.3, 0.4) is 0 Å². The summed E-state index contributed by atoms with van der Waals surface area (Å²) in [6.45, 7) is 2.05. The molecule has 0 aliphatic heterocycles. The van der Waals surface area contributed by atoms with Crippen molar-refractivity contribution in [2.75, 3.05) is 0 Å². The second-order valence-electron chi connectivity index (χ2n) is 6.79. The van der Waals surface area contributed by atoms with Gasteiger partial charge in [-0.2, -0.15) is 5.10 Å². The van der Waals surface area contributed by atoms with E-state index in [1.165, 1.54) is 11.3 Å². The molecule has 0 aliphatic carbocycles. The molecule has 0 saturated heterocycles. The van der Waals surface area contributed by atoms with E-state index in [0.717, 1.165) is 44.0 Å². The van der Waals surface area contributed by atoms with Gasteiger partial charge in [0.2, 0.25) is 4.80 Å². The third-order valence-electron chi connectivity index (χ3n) is 4.70. The summed E-state index contributed by atoms with van der Waals surface area (Å²) in [7, 11) is 0. The molecule has 3 aromatic heterocycles. The maximum atomic E-state index is 6.09. The van der Waals surface area contributed by atoms with E-state index in [2.05, 4.69) is 18.0 Å². The minimum atomic E-state index is 0.752. The fourth-order valence-electron chi connectivity index (χ4n) is 3.14. The van der Waals surface area contributed by atoms with Gasteiger partial charge in [-0.1, -0.05) is 42.5 Å². The lowest BCUT2D eigenvalue weighted by Crippen LogP contribution is -2.11. The standard InChI is InChI=1S/C24H18N4OS/c1-17-7-2-4-10-20(17)27-24-28(26-15-18-8-6-12-25-14-18)21(16-30-24)23-13-19-9-3-5-11-22(19)29-23/h2-16H,1H3. The van der Waals surface area contributed by atoms with Gasteiger partial charge in [0.15, 0.2) is 5.76 Å². The van der Waals surface area contributed by atoms with Crippen LogP contribution in [0.5, 0.6) is 0 Å². The lowest BCUT2D eigenvalue weighted by Gasteiger charge is -2.02. The molecular formula is C24H18N4OS. The highest BCUT2D eigenvalue weighted by atomic mass is 32.1. The Labute approximate surface area is 177 Å². The minimum Gasteiger partial charge on any atom is -0.454 e. The van der Waals surface area contributed by atoms with Crippen molar-refractivity contribution in [2.24, 2.45) is 10.1 Å². The normalized spacial score (nSPS) is 12.2. The number of pyridine rings is 1. The zero-order valence-corrected chi connectivity index (χ0v) is 17.1. The van der Waals surface area contributed by atoms with Crippen LogP contribution in [0, 0.1) is 6.92 Å². The third-order valence-corrected chi connectivity index (χ3v) is 5.52. The van der Waals surface area contributed by atoms with Crippen LogP contribution < -0.4 is 4.80 Å². The largest absolute Gasteiger partial charge is 0.454 e. The highest BCUT2D eigenvalue weighted by Gasteiger charge is 2.13. The molecule has 0 saturated carbocycles. The molecule has 0 fully saturated rings. The van der Waals surface area contributed by atoms with E-state index >= 15 is 0 Å². The van der Waals surface area contributed by atoms with Crippen LogP contribution in [0.15, 0.2) is 99.0 Å². The van der Waals surface area contributed by atoms with Crippen molar-refractivity contribution >= 4 is 34.2 Å². The maximum absolute atomic E-state index is 6.09. The second-order valence-corrected chi connectivity index (χ2v) is 7.63. The Bertz CT molecular complexity index is 1380. The fraction of sp³-hybridized carbons (Fsp3) is 0.0417. The van der Waals surface area contributed by atoms with Gasteiger partial charge in [-0.15, -0.1) is 11.3 Å². The lowest BCUT2D eigenvalue weighted by molar-refractivity contribution is 0.622. The van der Waals surface area contributed by atoms with Gasteiger partial charge in [-0.25, -0.2) is 9.67 Å². The lowest BCUT2D eigenvalue weighted by atomic mass is 10.2. The molecule has 0 N–H and O–H groups in total. The highest BCUT2D eigenvalue weighted by Crippen LogP contribution is 2.28. The van der Waals surface area contributed by atoms with Crippen LogP contribution in [0.25, 0.3) is 22.4 Å². The van der Waals surface area contributed by atoms with Crippen molar-refractivity contribution in [3.05, 3.63) is 100 Å². The van der Waals surface area contributed by atoms with Gasteiger partial charge in [0.25, 0.3) is 0 Å². The van der Waals surface area contributed by atoms with E-state index in [1.807, 2.05) is 70.7 Å². The quantitative estimate of drug-likeness (QED) is 0.353. The van der Waals surface area contributed by atoms with Crippen LogP contribution in [-0.4, -0.2) is 15.9 Å². The average Bonchev–Trinajstić information content (AvgIpc) is 3.38. The minimum absolute atomic E-state index is 0.752. The number of nitrogens with zero attached hydrogens (tertiary/aromatic N) is 4. The van der Waals surface area contributed by atoms with E-state index in [1.54, 1.807) is 18.6 Å². The van der Waals surface area contributed by atoms with Crippen LogP contribution in [0.2, 0.25) is 0 Å². The van der Waals surface area contributed by atoms with Gasteiger partial charge in [0.1, 0.15) is 11.3 Å². The van der Waals surface area contributed by atoms with Crippen molar-refractivity contribution in [1.82, 2.24) is 9.66 Å². The van der Waals surface area contributed by atoms with Gasteiger partial charge >= 0.3 is 0 Å². The summed E-state index contributed by atoms with van der Waals surface area (Å²) < 4.78 is 7.91. The number of aromatic nitrogens is 2. The summed E-state index contributed by atoms with van der Waals surface area (Å²) in [6.07, 6.45) is 5.30. The molecule has 0 unspecified atom stereocenters. The Kier molecular flexibility index (Phi) is 4.83. The molecule has 0 aliphatic rings. The van der Waals surface area contributed by atoms with Crippen molar-refractivity contribution in [3.63, 3.8) is 0 Å². The van der Waals surface area contributed by atoms with Gasteiger partial charge < -0.3 is 4.42 Å². The monoisotopic (exact) mass is 410 g/mol. The molecule has 0 bridgehead atoms. The van der Waals surface area contributed by atoms with Gasteiger partial charge in [0, 0.05) is 28.7 Å². The molecule has 3 heterocycles. The number of hydrogen-bond acceptors (Lipinski definition) is 5. The Hall–Kier alpha value is -3.77. The molecule has 146 valence electrons. The first-order chi connectivity index (χ1) is 14.8. The van der Waals surface area contributed by atoms with Gasteiger partial charge in [-0.3, -0.25) is 4.98 Å². The van der Waals surface area contributed by atoms with E-state index in [0.29, 0.717) is 0 Å². The predicted octanol–water partition coefficient (Wildman–Crippen LogP) is 5.78. The van der Waals surface area contributed by atoms with Crippen LogP contribution in [0.1, 0.15) is 11.1 Å². The molecule has 2 aromatic carbocycles. The van der Waals surface area contributed by atoms with Crippen molar-refractivity contribution < 1.29 is 4.42 Å². The molecule has 5 rings (SSSR count). The maximum Gasteiger partial charge on any atom is 0.211 e. The zero-order valence-electron chi connectivity index (χ0n) is 16.3. The molecule has 5 nitrogen and oxygen atoms in total. The van der Waals surface area contributed by atoms with E-state index < -0.39 is 0 Å². The summed E-state index contributed by atoms with van der Waals surface area (Å²) in [6, 6.07) is 21.9. The van der Waals surface area contributed by atoms with E-state index in [4.69, 9.17) is 14.5 Å². The smallest absolute Gasteiger partial charge is 0.211 e. The Morgan fingerprint density at radius 3 is 2.73 bits per heavy atom. The van der Waals surface area contributed by atoms with Crippen LogP contribution in [-0.2, 0) is 0 Å². The molecule has 6 heteroatoms. The second kappa shape index (κ2) is 7.93. The Morgan fingerprint density at radius 1 is 1.03 bits per heavy atom. The predicted molar refractivity (Wildman–Crippen MR) is 121 cm³/mol. The van der Waals surface area contributed by atoms with Gasteiger partial charge in [0.05, 0.1) is 11.9 Å². The number of rotatable bonds is 4. The number of thiazole rings is 1. The zero-order chi connectivity index (χ0) is 20.3. The summed E-state index contributed by atoms with van der Waals surface area (Å²) in [5, 5.41) is 7.79. The fourth-order valence-corrected chi connectivity index (χ4v) is 3.97. The molecule has 0 radical (unpaired) electrons. The van der Waals surface area contributed by atoms with Crippen molar-refractivity contribution in [2.45, 2.75) is 6.92 Å². The number of fused-ring (bicyclic) bond motifs is 1. The summed E-state index contributed by atoms with van der Waals surface area (Å²) in [5.74, 6) is 0.752. The summed E-state index contributed by atoms with van der Waals surface area (Å²) in [4.78, 5) is 9.78. The Morgan fingerprint density at radius 2 is 1.90 bits per heavy atom. The van der Waals surface area contributed by atoms with Crippen LogP contribution in [0.4, 0.5) is 5.69 Å². The molecule has 30 heavy (non-hydrogen) atoms. The van der Waals surface area contributed by atoms with Crippen molar-refractivity contribution in [3.8, 4) is 11.5 Å². The topological polar surface area (TPSA) is 55.7 Å². The van der Waals surface area contributed by atoms with Crippen molar-refractivity contribution in [1.29, 1.82) is 0 Å². The first-order valence-corrected chi connectivity index (χ1v) is 10.4. The molecule has 5 aromatic rings. The third kappa shape index (κ3) is 3.60. The first kappa shape index (κ1) is 18.3. The van der Waals surface area contributed by atoms with Crippen LogP contribution >= 0.6 is 11.3 Å². The number of para-hydroxylation sites is 2.